The number of rotatable bonds is 6. The molecule has 0 aromatic heterocycles. The summed E-state index contributed by atoms with van der Waals surface area (Å²) in [5.41, 5.74) is 7.60. The van der Waals surface area contributed by atoms with Crippen LogP contribution in [0.25, 0.3) is 0 Å². The Kier molecular flexibility index (Phi) is 5.48. The molecule has 1 aromatic rings. The number of thioether (sulfide) groups is 1. The van der Waals surface area contributed by atoms with Gasteiger partial charge < -0.3 is 15.8 Å². The summed E-state index contributed by atoms with van der Waals surface area (Å²) in [6, 6.07) is 5.82. The maximum atomic E-state index is 5.86. The van der Waals surface area contributed by atoms with Crippen LogP contribution >= 0.6 is 11.8 Å². The number of hydrogen-bond acceptors (Lipinski definition) is 4. The van der Waals surface area contributed by atoms with Gasteiger partial charge in [-0.1, -0.05) is 6.92 Å². The minimum absolute atomic E-state index is 0.137. The lowest BCUT2D eigenvalue weighted by Crippen LogP contribution is -2.13. The molecule has 0 radical (unpaired) electrons. The van der Waals surface area contributed by atoms with Crippen LogP contribution in [-0.4, -0.2) is 24.2 Å². The summed E-state index contributed by atoms with van der Waals surface area (Å²) < 4.78 is 5.65. The Morgan fingerprint density at radius 2 is 2.06 bits per heavy atom. The zero-order valence-corrected chi connectivity index (χ0v) is 11.8. The summed E-state index contributed by atoms with van der Waals surface area (Å²) in [6.45, 7) is 7.12. The second-order valence-electron chi connectivity index (χ2n) is 4.35. The van der Waals surface area contributed by atoms with Crippen molar-refractivity contribution in [3.63, 3.8) is 0 Å². The average Bonchev–Trinajstić information content (AvgIpc) is 2.29. The van der Waals surface area contributed by atoms with Crippen molar-refractivity contribution in [2.24, 2.45) is 0 Å². The minimum Gasteiger partial charge on any atom is -0.489 e. The molecule has 3 nitrogen and oxygen atoms in total. The second kappa shape index (κ2) is 6.64. The van der Waals surface area contributed by atoms with Gasteiger partial charge in [0.2, 0.25) is 0 Å². The predicted octanol–water partition coefficient (Wildman–Crippen LogP) is 3.22. The van der Waals surface area contributed by atoms with E-state index in [4.69, 9.17) is 10.5 Å². The van der Waals surface area contributed by atoms with Gasteiger partial charge in [-0.05, 0) is 32.2 Å². The Labute approximate surface area is 108 Å². The molecule has 0 heterocycles. The van der Waals surface area contributed by atoms with Crippen LogP contribution < -0.4 is 15.8 Å². The van der Waals surface area contributed by atoms with E-state index in [1.54, 1.807) is 0 Å². The van der Waals surface area contributed by atoms with Gasteiger partial charge in [-0.2, -0.15) is 11.8 Å². The van der Waals surface area contributed by atoms with E-state index in [2.05, 4.69) is 18.5 Å². The highest BCUT2D eigenvalue weighted by atomic mass is 32.2. The SMILES string of the molecule is CSC(C)CNc1ccc(N)c(OC(C)C)c1. The predicted molar refractivity (Wildman–Crippen MR) is 78.1 cm³/mol. The van der Waals surface area contributed by atoms with E-state index in [1.165, 1.54) is 0 Å². The molecule has 0 fully saturated rings. The maximum Gasteiger partial charge on any atom is 0.144 e. The molecular weight excluding hydrogens is 232 g/mol. The number of nitrogens with one attached hydrogen (secondary N) is 1. The fraction of sp³-hybridized carbons (Fsp3) is 0.538. The average molecular weight is 254 g/mol. The highest BCUT2D eigenvalue weighted by molar-refractivity contribution is 7.99. The molecule has 4 heteroatoms. The Morgan fingerprint density at radius 1 is 1.35 bits per heavy atom. The standard InChI is InChI=1S/C13H22N2OS/c1-9(2)16-13-7-11(5-6-12(13)14)15-8-10(3)17-4/h5-7,9-10,15H,8,14H2,1-4H3. The molecule has 0 amide bonds. The first-order chi connectivity index (χ1) is 8.02. The van der Waals surface area contributed by atoms with E-state index >= 15 is 0 Å². The van der Waals surface area contributed by atoms with Gasteiger partial charge in [0.25, 0.3) is 0 Å². The monoisotopic (exact) mass is 254 g/mol. The van der Waals surface area contributed by atoms with Gasteiger partial charge >= 0.3 is 0 Å². The highest BCUT2D eigenvalue weighted by Crippen LogP contribution is 2.26. The van der Waals surface area contributed by atoms with Crippen LogP contribution in [0.1, 0.15) is 20.8 Å². The molecule has 0 bridgehead atoms. The number of nitrogen functional groups attached to an aromatic ring is 1. The first-order valence-corrected chi connectivity index (χ1v) is 7.14. The van der Waals surface area contributed by atoms with E-state index in [-0.39, 0.29) is 6.10 Å². The first kappa shape index (κ1) is 14.0. The van der Waals surface area contributed by atoms with E-state index < -0.39 is 0 Å². The summed E-state index contributed by atoms with van der Waals surface area (Å²) in [5, 5.41) is 3.97. The van der Waals surface area contributed by atoms with Gasteiger partial charge in [-0.3, -0.25) is 0 Å². The third-order valence-electron chi connectivity index (χ3n) is 2.37. The van der Waals surface area contributed by atoms with Crippen molar-refractivity contribution in [3.8, 4) is 5.75 Å². The molecular formula is C13H22N2OS. The topological polar surface area (TPSA) is 47.3 Å². The summed E-state index contributed by atoms with van der Waals surface area (Å²) >= 11 is 1.84. The van der Waals surface area contributed by atoms with Crippen molar-refractivity contribution in [3.05, 3.63) is 18.2 Å². The molecule has 0 aliphatic heterocycles. The number of benzene rings is 1. The van der Waals surface area contributed by atoms with Crippen LogP contribution in [0.2, 0.25) is 0 Å². The third kappa shape index (κ3) is 4.77. The molecule has 1 rings (SSSR count). The Hall–Kier alpha value is -1.03. The fourth-order valence-corrected chi connectivity index (χ4v) is 1.60. The summed E-state index contributed by atoms with van der Waals surface area (Å²) in [6.07, 6.45) is 2.25. The summed E-state index contributed by atoms with van der Waals surface area (Å²) in [5.74, 6) is 0.752. The van der Waals surface area contributed by atoms with E-state index in [9.17, 15) is 0 Å². The van der Waals surface area contributed by atoms with Gasteiger partial charge in [0.15, 0.2) is 0 Å². The fourth-order valence-electron chi connectivity index (χ4n) is 1.35. The van der Waals surface area contributed by atoms with Crippen molar-refractivity contribution in [1.29, 1.82) is 0 Å². The largest absolute Gasteiger partial charge is 0.489 e. The molecule has 1 aromatic carbocycles. The summed E-state index contributed by atoms with van der Waals surface area (Å²) in [7, 11) is 0. The Morgan fingerprint density at radius 3 is 2.65 bits per heavy atom. The zero-order chi connectivity index (χ0) is 12.8. The lowest BCUT2D eigenvalue weighted by Gasteiger charge is -2.15. The smallest absolute Gasteiger partial charge is 0.144 e. The molecule has 96 valence electrons. The van der Waals surface area contributed by atoms with E-state index in [0.29, 0.717) is 10.9 Å². The lowest BCUT2D eigenvalue weighted by molar-refractivity contribution is 0.244. The highest BCUT2D eigenvalue weighted by Gasteiger charge is 2.05. The molecule has 0 spiro atoms. The van der Waals surface area contributed by atoms with Crippen molar-refractivity contribution in [2.45, 2.75) is 32.1 Å². The van der Waals surface area contributed by atoms with Crippen LogP contribution in [0.15, 0.2) is 18.2 Å². The van der Waals surface area contributed by atoms with Gasteiger partial charge in [-0.25, -0.2) is 0 Å². The van der Waals surface area contributed by atoms with Gasteiger partial charge in [0.05, 0.1) is 11.8 Å². The molecule has 17 heavy (non-hydrogen) atoms. The van der Waals surface area contributed by atoms with E-state index in [0.717, 1.165) is 18.0 Å². The van der Waals surface area contributed by atoms with Gasteiger partial charge in [0, 0.05) is 23.5 Å². The molecule has 1 unspecified atom stereocenters. The van der Waals surface area contributed by atoms with Crippen LogP contribution in [0.4, 0.5) is 11.4 Å². The maximum absolute atomic E-state index is 5.86. The zero-order valence-electron chi connectivity index (χ0n) is 11.0. The molecule has 0 saturated heterocycles. The molecule has 0 saturated carbocycles. The van der Waals surface area contributed by atoms with Crippen molar-refractivity contribution in [1.82, 2.24) is 0 Å². The van der Waals surface area contributed by atoms with Crippen LogP contribution in [0.5, 0.6) is 5.75 Å². The Balaban J connectivity index is 2.67. The van der Waals surface area contributed by atoms with E-state index in [1.807, 2.05) is 43.8 Å². The third-order valence-corrected chi connectivity index (χ3v) is 3.34. The van der Waals surface area contributed by atoms with Crippen molar-refractivity contribution >= 4 is 23.1 Å². The van der Waals surface area contributed by atoms with Gasteiger partial charge in [0.1, 0.15) is 5.75 Å². The second-order valence-corrected chi connectivity index (χ2v) is 5.62. The normalized spacial score (nSPS) is 12.5. The number of ether oxygens (including phenoxy) is 1. The summed E-state index contributed by atoms with van der Waals surface area (Å²) in [4.78, 5) is 0. The number of anilines is 2. The molecule has 0 aliphatic carbocycles. The van der Waals surface area contributed by atoms with Crippen LogP contribution in [0.3, 0.4) is 0 Å². The molecule has 1 atom stereocenters. The Bertz CT molecular complexity index is 355. The van der Waals surface area contributed by atoms with Crippen LogP contribution in [0, 0.1) is 0 Å². The number of nitrogens with two attached hydrogens (primary N) is 1. The lowest BCUT2D eigenvalue weighted by atomic mass is 10.2. The van der Waals surface area contributed by atoms with Crippen molar-refractivity contribution < 1.29 is 4.74 Å². The molecule has 3 N–H and O–H groups in total. The molecule has 0 aliphatic rings. The minimum atomic E-state index is 0.137. The van der Waals surface area contributed by atoms with Crippen LogP contribution in [-0.2, 0) is 0 Å². The first-order valence-electron chi connectivity index (χ1n) is 5.85. The van der Waals surface area contributed by atoms with Crippen molar-refractivity contribution in [2.75, 3.05) is 23.9 Å². The number of hydrogen-bond donors (Lipinski definition) is 2. The van der Waals surface area contributed by atoms with Gasteiger partial charge in [-0.15, -0.1) is 0 Å². The quantitative estimate of drug-likeness (QED) is 0.765.